The van der Waals surface area contributed by atoms with Crippen LogP contribution in [-0.2, 0) is 23.3 Å². The van der Waals surface area contributed by atoms with Crippen molar-refractivity contribution in [3.05, 3.63) is 147 Å². The summed E-state index contributed by atoms with van der Waals surface area (Å²) in [7, 11) is 0. The summed E-state index contributed by atoms with van der Waals surface area (Å²) < 4.78 is 0. The Morgan fingerprint density at radius 2 is 0.861 bits per heavy atom. The maximum absolute atomic E-state index is 3.06. The first kappa shape index (κ1) is 29.4. The zero-order chi connectivity index (χ0) is 23.9. The molecule has 0 aromatic heterocycles. The monoisotopic (exact) mass is 558 g/mol. The predicted octanol–water partition coefficient (Wildman–Crippen LogP) is 9.59. The maximum atomic E-state index is 3.06. The van der Waals surface area contributed by atoms with Gasteiger partial charge in [0.05, 0.1) is 0 Å². The van der Waals surface area contributed by atoms with Gasteiger partial charge >= 0.3 is 30.2 Å². The molecular weight excluding hydrogens is 528 g/mol. The van der Waals surface area contributed by atoms with Crippen LogP contribution in [-0.4, -0.2) is 6.88 Å². The van der Waals surface area contributed by atoms with Crippen LogP contribution in [0.25, 0.3) is 43.8 Å². The van der Waals surface area contributed by atoms with Gasteiger partial charge in [-0.2, -0.15) is 12.1 Å². The predicted molar refractivity (Wildman–Crippen MR) is 158 cm³/mol. The Morgan fingerprint density at radius 3 is 1.22 bits per heavy atom. The van der Waals surface area contributed by atoms with E-state index in [1.165, 1.54) is 78.3 Å². The third-order valence-corrected chi connectivity index (χ3v) is 5.96. The van der Waals surface area contributed by atoms with Gasteiger partial charge in [-0.25, -0.2) is 0 Å². The summed E-state index contributed by atoms with van der Waals surface area (Å²) in [5.74, 6) is 0. The van der Waals surface area contributed by atoms with E-state index in [4.69, 9.17) is 0 Å². The molecule has 6 aromatic rings. The van der Waals surface area contributed by atoms with Crippen LogP contribution in [0.5, 0.6) is 0 Å². The van der Waals surface area contributed by atoms with Crippen molar-refractivity contribution in [1.82, 2.24) is 0 Å². The summed E-state index contributed by atoms with van der Waals surface area (Å²) in [4.78, 5) is 0. The van der Waals surface area contributed by atoms with E-state index in [2.05, 4.69) is 142 Å². The van der Waals surface area contributed by atoms with Crippen LogP contribution in [0, 0.1) is 28.7 Å². The van der Waals surface area contributed by atoms with Crippen molar-refractivity contribution in [3.8, 4) is 22.3 Å². The van der Waals surface area contributed by atoms with Crippen LogP contribution in [0.15, 0.2) is 121 Å². The second kappa shape index (κ2) is 14.1. The molecule has 0 aliphatic carbocycles. The standard InChI is InChI=1S/2C16H13.2CH3.Si.Zr/c2*1-12-10-14-8-5-9-15(16(14)11-12)13-6-3-2-4-7-13;;;;/h2*2-11H,1H3;2*1H3;;/q4*-1;;. The fourth-order valence-electron chi connectivity index (χ4n) is 4.51. The van der Waals surface area contributed by atoms with E-state index in [0.29, 0.717) is 0 Å². The Balaban J connectivity index is 0.000000226. The topological polar surface area (TPSA) is 0 Å². The van der Waals surface area contributed by atoms with Crippen molar-refractivity contribution in [1.29, 1.82) is 0 Å². The van der Waals surface area contributed by atoms with Gasteiger partial charge in [0, 0.05) is 0 Å². The summed E-state index contributed by atoms with van der Waals surface area (Å²) in [6.45, 7) is 7.36. The van der Waals surface area contributed by atoms with E-state index in [0.717, 1.165) is 0 Å². The van der Waals surface area contributed by atoms with Crippen LogP contribution in [0.2, 0.25) is 0 Å². The molecule has 0 amide bonds. The molecule has 0 fully saturated rings. The molecule has 0 heterocycles. The molecule has 0 spiro atoms. The summed E-state index contributed by atoms with van der Waals surface area (Å²) >= 11 is 1.36. The number of rotatable bonds is 2. The van der Waals surface area contributed by atoms with E-state index in [1.54, 1.807) is 0 Å². The SMILES string of the molecule is Cc1cc2c(-c3ccccc3)cccc2[cH-]1.Cc1cc2c(-c3ccccc3)cccc2[cH-]1.[CH3-].[CH3-].[Si]=[Zr]. The van der Waals surface area contributed by atoms with Crippen LogP contribution in [0.3, 0.4) is 0 Å². The van der Waals surface area contributed by atoms with Crippen molar-refractivity contribution in [2.24, 2.45) is 0 Å². The molecule has 36 heavy (non-hydrogen) atoms. The molecule has 0 N–H and O–H groups in total. The van der Waals surface area contributed by atoms with Gasteiger partial charge in [-0.15, -0.1) is 69.1 Å². The molecule has 0 nitrogen and oxygen atoms in total. The van der Waals surface area contributed by atoms with Gasteiger partial charge in [0.15, 0.2) is 0 Å². The molecule has 0 bridgehead atoms. The fourth-order valence-corrected chi connectivity index (χ4v) is 4.51. The second-order valence-corrected chi connectivity index (χ2v) is 8.41. The van der Waals surface area contributed by atoms with Crippen molar-refractivity contribution in [2.75, 3.05) is 0 Å². The van der Waals surface area contributed by atoms with Gasteiger partial charge in [-0.3, -0.25) is 0 Å². The van der Waals surface area contributed by atoms with Crippen LogP contribution in [0.4, 0.5) is 0 Å². The van der Waals surface area contributed by atoms with E-state index in [-0.39, 0.29) is 14.9 Å². The Labute approximate surface area is 233 Å². The molecular formula is C34H32SiZr-4. The molecule has 180 valence electrons. The molecule has 0 atom stereocenters. The minimum atomic E-state index is 0. The van der Waals surface area contributed by atoms with Gasteiger partial charge in [0.25, 0.3) is 0 Å². The number of hydrogen-bond acceptors (Lipinski definition) is 0. The third kappa shape index (κ3) is 6.69. The van der Waals surface area contributed by atoms with Crippen LogP contribution < -0.4 is 0 Å². The Morgan fingerprint density at radius 1 is 0.500 bits per heavy atom. The van der Waals surface area contributed by atoms with E-state index >= 15 is 0 Å². The van der Waals surface area contributed by atoms with E-state index in [1.807, 2.05) is 0 Å². The second-order valence-electron chi connectivity index (χ2n) is 8.41. The summed E-state index contributed by atoms with van der Waals surface area (Å²) in [6, 6.07) is 43.1. The first-order valence-electron chi connectivity index (χ1n) is 11.4. The minimum absolute atomic E-state index is 0. The number of fused-ring (bicyclic) bond motifs is 2. The number of aryl methyl sites for hydroxylation is 2. The molecule has 2 heteroatoms. The number of hydrogen-bond donors (Lipinski definition) is 0. The molecule has 0 aliphatic rings. The fraction of sp³-hybridized carbons (Fsp3) is 0.0588. The van der Waals surface area contributed by atoms with Gasteiger partial charge in [0.2, 0.25) is 0 Å². The van der Waals surface area contributed by atoms with Gasteiger partial charge in [0.1, 0.15) is 0 Å². The van der Waals surface area contributed by atoms with Crippen molar-refractivity contribution in [2.45, 2.75) is 13.8 Å². The molecule has 6 aromatic carbocycles. The molecule has 2 radical (unpaired) electrons. The summed E-state index contributed by atoms with van der Waals surface area (Å²) in [5, 5.41) is 5.37. The average molecular weight is 560 g/mol. The Hall–Kier alpha value is -2.80. The Kier molecular flexibility index (Phi) is 11.5. The van der Waals surface area contributed by atoms with Gasteiger partial charge < -0.3 is 14.9 Å². The summed E-state index contributed by atoms with van der Waals surface area (Å²) in [6.07, 6.45) is 0. The molecule has 0 aliphatic heterocycles. The summed E-state index contributed by atoms with van der Waals surface area (Å²) in [5.41, 5.74) is 7.89. The van der Waals surface area contributed by atoms with Crippen molar-refractivity contribution in [3.63, 3.8) is 0 Å². The van der Waals surface area contributed by atoms with Crippen LogP contribution >= 0.6 is 0 Å². The van der Waals surface area contributed by atoms with E-state index < -0.39 is 0 Å². The average Bonchev–Trinajstić information content (AvgIpc) is 3.47. The molecule has 6 rings (SSSR count). The zero-order valence-corrected chi connectivity index (χ0v) is 25.0. The Bertz CT molecular complexity index is 1370. The normalized spacial score (nSPS) is 9.69. The third-order valence-electron chi connectivity index (χ3n) is 5.96. The zero-order valence-electron chi connectivity index (χ0n) is 21.5. The first-order valence-corrected chi connectivity index (χ1v) is 15.6. The quantitative estimate of drug-likeness (QED) is 0.146. The first-order chi connectivity index (χ1) is 16.7. The number of benzene rings is 4. The molecule has 0 saturated heterocycles. The van der Waals surface area contributed by atoms with Gasteiger partial charge in [-0.1, -0.05) is 97.8 Å². The van der Waals surface area contributed by atoms with E-state index in [9.17, 15) is 0 Å². The van der Waals surface area contributed by atoms with Gasteiger partial charge in [-0.05, 0) is 11.1 Å². The molecule has 0 saturated carbocycles. The van der Waals surface area contributed by atoms with Crippen molar-refractivity contribution < 1.29 is 23.3 Å². The molecule has 0 unspecified atom stereocenters. The van der Waals surface area contributed by atoms with Crippen LogP contribution in [0.1, 0.15) is 11.1 Å². The van der Waals surface area contributed by atoms with Crippen molar-refractivity contribution >= 4 is 28.4 Å².